The molecule has 81 heavy (non-hydrogen) atoms. The lowest BCUT2D eigenvalue weighted by Gasteiger charge is -2.18. The van der Waals surface area contributed by atoms with Crippen LogP contribution in [-0.4, -0.2) is 37.2 Å². The Balaban J connectivity index is 4.28. The molecule has 0 bridgehead atoms. The van der Waals surface area contributed by atoms with E-state index in [0.717, 1.165) is 96.3 Å². The summed E-state index contributed by atoms with van der Waals surface area (Å²) < 4.78 is 16.9. The molecule has 0 aromatic carbocycles. The van der Waals surface area contributed by atoms with Crippen molar-refractivity contribution in [2.24, 2.45) is 0 Å². The zero-order valence-corrected chi connectivity index (χ0v) is 53.8. The van der Waals surface area contributed by atoms with Gasteiger partial charge in [-0.1, -0.05) is 324 Å². The minimum Gasteiger partial charge on any atom is -0.462 e. The Bertz CT molecular complexity index is 1530. The Morgan fingerprint density at radius 2 is 0.481 bits per heavy atom. The number of carbonyl (C=O) groups excluding carboxylic acids is 3. The van der Waals surface area contributed by atoms with Gasteiger partial charge in [0.15, 0.2) is 6.10 Å². The maximum Gasteiger partial charge on any atom is 0.306 e. The lowest BCUT2D eigenvalue weighted by molar-refractivity contribution is -0.167. The molecule has 0 aromatic heterocycles. The second-order valence-electron chi connectivity index (χ2n) is 23.4. The van der Waals surface area contributed by atoms with Crippen LogP contribution < -0.4 is 0 Å². The molecule has 0 spiro atoms. The fourth-order valence-electron chi connectivity index (χ4n) is 10.2. The summed E-state index contributed by atoms with van der Waals surface area (Å²) in [5.74, 6) is -0.931. The van der Waals surface area contributed by atoms with Crippen LogP contribution in [0.4, 0.5) is 0 Å². The van der Waals surface area contributed by atoms with Gasteiger partial charge in [0.25, 0.3) is 0 Å². The second-order valence-corrected chi connectivity index (χ2v) is 23.4. The van der Waals surface area contributed by atoms with Crippen LogP contribution in [0.25, 0.3) is 0 Å². The summed E-state index contributed by atoms with van der Waals surface area (Å²) in [6, 6.07) is 0. The van der Waals surface area contributed by atoms with Crippen molar-refractivity contribution in [3.63, 3.8) is 0 Å². The highest BCUT2D eigenvalue weighted by molar-refractivity contribution is 5.71. The summed E-state index contributed by atoms with van der Waals surface area (Å²) in [4.78, 5) is 38.4. The minimum absolute atomic E-state index is 0.0941. The van der Waals surface area contributed by atoms with E-state index in [4.69, 9.17) is 14.2 Å². The smallest absolute Gasteiger partial charge is 0.306 e. The molecule has 0 aliphatic heterocycles. The van der Waals surface area contributed by atoms with Gasteiger partial charge in [0.1, 0.15) is 13.2 Å². The second kappa shape index (κ2) is 69.1. The zero-order chi connectivity index (χ0) is 58.5. The summed E-state index contributed by atoms with van der Waals surface area (Å²) in [5.41, 5.74) is 0. The van der Waals surface area contributed by atoms with Crippen LogP contribution >= 0.6 is 0 Å². The zero-order valence-electron chi connectivity index (χ0n) is 53.8. The molecule has 468 valence electrons. The molecule has 6 heteroatoms. The van der Waals surface area contributed by atoms with Crippen molar-refractivity contribution in [1.29, 1.82) is 0 Å². The molecule has 0 aromatic rings. The van der Waals surface area contributed by atoms with Crippen LogP contribution in [0.15, 0.2) is 85.1 Å². The van der Waals surface area contributed by atoms with Gasteiger partial charge >= 0.3 is 17.9 Å². The van der Waals surface area contributed by atoms with Crippen molar-refractivity contribution < 1.29 is 28.6 Å². The predicted molar refractivity (Wildman–Crippen MR) is 353 cm³/mol. The molecular weight excluding hydrogens is 997 g/mol. The van der Waals surface area contributed by atoms with Crippen molar-refractivity contribution in [3.8, 4) is 0 Å². The molecule has 0 rings (SSSR count). The molecule has 0 heterocycles. The predicted octanol–water partition coefficient (Wildman–Crippen LogP) is 24.2. The third-order valence-corrected chi connectivity index (χ3v) is 15.4. The number of allylic oxidation sites excluding steroid dienone is 14. The number of unbranched alkanes of at least 4 members (excludes halogenated alkanes) is 39. The Labute approximate surface area is 503 Å². The van der Waals surface area contributed by atoms with Gasteiger partial charge in [0.2, 0.25) is 0 Å². The van der Waals surface area contributed by atoms with E-state index in [0.29, 0.717) is 19.3 Å². The lowest BCUT2D eigenvalue weighted by atomic mass is 10.0. The first-order chi connectivity index (χ1) is 40.0. The van der Waals surface area contributed by atoms with Gasteiger partial charge < -0.3 is 14.2 Å². The van der Waals surface area contributed by atoms with Crippen LogP contribution in [0.1, 0.15) is 355 Å². The first-order valence-electron chi connectivity index (χ1n) is 35.1. The fourth-order valence-corrected chi connectivity index (χ4v) is 10.2. The minimum atomic E-state index is -0.804. The highest BCUT2D eigenvalue weighted by atomic mass is 16.6. The maximum absolute atomic E-state index is 12.9. The number of carbonyl (C=O) groups is 3. The fraction of sp³-hybridized carbons (Fsp3) is 0.773. The first-order valence-corrected chi connectivity index (χ1v) is 35.1. The third kappa shape index (κ3) is 67.3. The summed E-state index contributed by atoms with van der Waals surface area (Å²) in [6.07, 6.45) is 92.0. The van der Waals surface area contributed by atoms with E-state index < -0.39 is 6.10 Å². The normalized spacial score (nSPS) is 12.6. The van der Waals surface area contributed by atoms with Crippen molar-refractivity contribution in [2.75, 3.05) is 13.2 Å². The van der Waals surface area contributed by atoms with Gasteiger partial charge in [0.05, 0.1) is 0 Å². The van der Waals surface area contributed by atoms with Crippen LogP contribution in [0.2, 0.25) is 0 Å². The Kier molecular flexibility index (Phi) is 66.2. The average molecular weight is 1130 g/mol. The quantitative estimate of drug-likeness (QED) is 0.0261. The van der Waals surface area contributed by atoms with E-state index in [-0.39, 0.29) is 37.5 Å². The Hall–Kier alpha value is -3.41. The Morgan fingerprint density at radius 3 is 0.802 bits per heavy atom. The van der Waals surface area contributed by atoms with Gasteiger partial charge in [0, 0.05) is 19.3 Å². The topological polar surface area (TPSA) is 78.9 Å². The molecule has 6 nitrogen and oxygen atoms in total. The van der Waals surface area contributed by atoms with E-state index >= 15 is 0 Å². The Morgan fingerprint density at radius 1 is 0.259 bits per heavy atom. The van der Waals surface area contributed by atoms with Crippen molar-refractivity contribution in [2.45, 2.75) is 361 Å². The summed E-state index contributed by atoms with van der Waals surface area (Å²) in [7, 11) is 0. The van der Waals surface area contributed by atoms with E-state index in [1.165, 1.54) is 212 Å². The SMILES string of the molecule is CC/C=C\C/C=C\C/C=C\C/C=C\C/C=C\C/C=C\CCCCC(=O)OC(COC(=O)CCCCCCC/C=C\CCCCCC)COC(=O)CCCCCCCCCCCCCCCCCCCCCCCCCCCCCCC. The van der Waals surface area contributed by atoms with Gasteiger partial charge in [-0.3, -0.25) is 14.4 Å². The van der Waals surface area contributed by atoms with E-state index in [1.807, 2.05) is 0 Å². The van der Waals surface area contributed by atoms with Crippen LogP contribution in [0.3, 0.4) is 0 Å². The van der Waals surface area contributed by atoms with Gasteiger partial charge in [-0.25, -0.2) is 0 Å². The van der Waals surface area contributed by atoms with Crippen molar-refractivity contribution in [3.05, 3.63) is 85.1 Å². The summed E-state index contributed by atoms with van der Waals surface area (Å²) >= 11 is 0. The average Bonchev–Trinajstić information content (AvgIpc) is 3.46. The number of esters is 3. The number of rotatable bonds is 64. The van der Waals surface area contributed by atoms with Crippen LogP contribution in [-0.2, 0) is 28.6 Å². The molecule has 0 saturated heterocycles. The molecule has 0 radical (unpaired) electrons. The number of ether oxygens (including phenoxy) is 3. The lowest BCUT2D eigenvalue weighted by Crippen LogP contribution is -2.30. The van der Waals surface area contributed by atoms with Crippen LogP contribution in [0, 0.1) is 0 Å². The highest BCUT2D eigenvalue weighted by Crippen LogP contribution is 2.18. The maximum atomic E-state index is 12.9. The number of hydrogen-bond acceptors (Lipinski definition) is 6. The number of hydrogen-bond donors (Lipinski definition) is 0. The van der Waals surface area contributed by atoms with Gasteiger partial charge in [-0.2, -0.15) is 0 Å². The molecular formula is C75H132O6. The van der Waals surface area contributed by atoms with Crippen molar-refractivity contribution in [1.82, 2.24) is 0 Å². The molecule has 0 aliphatic rings. The largest absolute Gasteiger partial charge is 0.462 e. The highest BCUT2D eigenvalue weighted by Gasteiger charge is 2.19. The molecule has 1 unspecified atom stereocenters. The van der Waals surface area contributed by atoms with Crippen molar-refractivity contribution >= 4 is 17.9 Å². The third-order valence-electron chi connectivity index (χ3n) is 15.4. The van der Waals surface area contributed by atoms with E-state index in [1.54, 1.807) is 0 Å². The van der Waals surface area contributed by atoms with Gasteiger partial charge in [-0.05, 0) is 96.3 Å². The molecule has 0 N–H and O–H groups in total. The molecule has 0 aliphatic carbocycles. The van der Waals surface area contributed by atoms with E-state index in [2.05, 4.69) is 106 Å². The standard InChI is InChI=1S/C75H132O6/c1-4-7-10-13-16-19-22-25-27-29-31-33-34-35-36-37-38-39-40-42-43-45-47-50-53-56-59-62-65-68-74(77)80-71-72(70-79-73(76)67-64-61-58-55-52-49-24-21-18-15-12-9-6-3)81-75(78)69-66-63-60-57-54-51-48-46-44-41-32-30-28-26-23-20-17-14-11-8-5-2/h8,11,17,20-21,24,26,28,32,41,46,48,54,57,72H,4-7,9-10,12-16,18-19,22-23,25,27,29-31,33-40,42-45,47,49-53,55-56,58-71H2,1-3H3/b11-8-,20-17-,24-21-,28-26-,41-32-,48-46-,57-54-. The summed E-state index contributed by atoms with van der Waals surface area (Å²) in [6.45, 7) is 6.51. The molecule has 0 fully saturated rings. The van der Waals surface area contributed by atoms with Crippen LogP contribution in [0.5, 0.6) is 0 Å². The monoisotopic (exact) mass is 1130 g/mol. The van der Waals surface area contributed by atoms with Gasteiger partial charge in [-0.15, -0.1) is 0 Å². The molecule has 0 amide bonds. The molecule has 0 saturated carbocycles. The molecule has 1 atom stereocenters. The van der Waals surface area contributed by atoms with E-state index in [9.17, 15) is 14.4 Å². The first kappa shape index (κ1) is 77.6. The summed E-state index contributed by atoms with van der Waals surface area (Å²) in [5, 5.41) is 0.